The van der Waals surface area contributed by atoms with Crippen molar-refractivity contribution in [2.75, 3.05) is 0 Å². The summed E-state index contributed by atoms with van der Waals surface area (Å²) < 4.78 is 34.5. The van der Waals surface area contributed by atoms with Gasteiger partial charge in [0.2, 0.25) is 0 Å². The highest BCUT2D eigenvalue weighted by Crippen LogP contribution is 2.47. The first-order valence-electron chi connectivity index (χ1n) is 5.90. The van der Waals surface area contributed by atoms with Gasteiger partial charge in [-0.3, -0.25) is 0 Å². The van der Waals surface area contributed by atoms with E-state index < -0.39 is 15.0 Å². The van der Waals surface area contributed by atoms with Crippen LogP contribution in [0.15, 0.2) is 0 Å². The lowest BCUT2D eigenvalue weighted by Gasteiger charge is -2.44. The second-order valence-electron chi connectivity index (χ2n) is 6.65. The molecular formula is C12H23FO2S. The molecule has 0 aromatic carbocycles. The second-order valence-corrected chi connectivity index (χ2v) is 8.58. The Labute approximate surface area is 98.8 Å². The number of hydrogen-bond acceptors (Lipinski definition) is 2. The molecule has 0 saturated heterocycles. The number of hydrogen-bond donors (Lipinski definition) is 0. The third kappa shape index (κ3) is 2.76. The van der Waals surface area contributed by atoms with Crippen molar-refractivity contribution >= 4 is 10.2 Å². The van der Waals surface area contributed by atoms with Crippen molar-refractivity contribution in [2.24, 2.45) is 17.3 Å². The average Bonchev–Trinajstić information content (AvgIpc) is 1.97. The summed E-state index contributed by atoms with van der Waals surface area (Å²) in [5.74, 6) is 0.385. The molecule has 1 aliphatic carbocycles. The lowest BCUT2D eigenvalue weighted by molar-refractivity contribution is 0.111. The third-order valence-electron chi connectivity index (χ3n) is 4.00. The average molecular weight is 250 g/mol. The van der Waals surface area contributed by atoms with Gasteiger partial charge in [-0.25, -0.2) is 0 Å². The van der Waals surface area contributed by atoms with Crippen LogP contribution in [0.2, 0.25) is 0 Å². The van der Waals surface area contributed by atoms with Gasteiger partial charge >= 0.3 is 10.2 Å². The van der Waals surface area contributed by atoms with Crippen LogP contribution in [0.4, 0.5) is 3.89 Å². The number of rotatable bonds is 2. The molecule has 0 bridgehead atoms. The molecule has 1 rings (SSSR count). The summed E-state index contributed by atoms with van der Waals surface area (Å²) in [7, 11) is -4.48. The van der Waals surface area contributed by atoms with Gasteiger partial charge in [0.25, 0.3) is 0 Å². The fourth-order valence-corrected chi connectivity index (χ4v) is 3.65. The molecule has 0 aliphatic heterocycles. The lowest BCUT2D eigenvalue weighted by Crippen LogP contribution is -2.43. The van der Waals surface area contributed by atoms with E-state index in [1.807, 2.05) is 0 Å². The van der Waals surface area contributed by atoms with Gasteiger partial charge in [-0.15, -0.1) is 3.89 Å². The minimum atomic E-state index is -4.48. The Morgan fingerprint density at radius 1 is 1.25 bits per heavy atom. The van der Waals surface area contributed by atoms with Crippen molar-refractivity contribution in [2.45, 2.75) is 58.6 Å². The summed E-state index contributed by atoms with van der Waals surface area (Å²) in [6, 6.07) is 0. The summed E-state index contributed by atoms with van der Waals surface area (Å²) in [5.41, 5.74) is 0.115. The fourth-order valence-electron chi connectivity index (χ4n) is 3.07. The van der Waals surface area contributed by atoms with Gasteiger partial charge < -0.3 is 0 Å². The second kappa shape index (κ2) is 3.97. The van der Waals surface area contributed by atoms with Gasteiger partial charge in [0.15, 0.2) is 0 Å². The van der Waals surface area contributed by atoms with Crippen LogP contribution in [-0.2, 0) is 10.2 Å². The highest BCUT2D eigenvalue weighted by Gasteiger charge is 2.47. The molecule has 0 aromatic heterocycles. The van der Waals surface area contributed by atoms with Crippen LogP contribution in [0.5, 0.6) is 0 Å². The maximum absolute atomic E-state index is 13.3. The molecule has 2 nitrogen and oxygen atoms in total. The largest absolute Gasteiger partial charge is 0.307 e. The maximum Gasteiger partial charge on any atom is 0.307 e. The highest BCUT2D eigenvalue weighted by atomic mass is 32.3. The molecule has 96 valence electrons. The molecule has 16 heavy (non-hydrogen) atoms. The Morgan fingerprint density at radius 3 is 2.12 bits per heavy atom. The van der Waals surface area contributed by atoms with Crippen LogP contribution in [0.25, 0.3) is 0 Å². The number of halogens is 1. The van der Waals surface area contributed by atoms with Crippen molar-refractivity contribution in [1.82, 2.24) is 0 Å². The first kappa shape index (κ1) is 13.9. The van der Waals surface area contributed by atoms with Crippen molar-refractivity contribution < 1.29 is 12.3 Å². The van der Waals surface area contributed by atoms with E-state index in [-0.39, 0.29) is 11.3 Å². The van der Waals surface area contributed by atoms with E-state index in [1.54, 1.807) is 0 Å². The van der Waals surface area contributed by atoms with E-state index in [9.17, 15) is 12.3 Å². The highest BCUT2D eigenvalue weighted by molar-refractivity contribution is 7.87. The molecule has 1 aliphatic rings. The molecule has 0 amide bonds. The van der Waals surface area contributed by atoms with Crippen molar-refractivity contribution in [3.8, 4) is 0 Å². The van der Waals surface area contributed by atoms with Crippen LogP contribution in [0.3, 0.4) is 0 Å². The van der Waals surface area contributed by atoms with Gasteiger partial charge in [-0.05, 0) is 50.4 Å². The fraction of sp³-hybridized carbons (Fsp3) is 1.00. The van der Waals surface area contributed by atoms with Crippen LogP contribution in [0.1, 0.15) is 53.9 Å². The van der Waals surface area contributed by atoms with E-state index in [4.69, 9.17) is 0 Å². The molecule has 0 N–H and O–H groups in total. The summed E-state index contributed by atoms with van der Waals surface area (Å²) in [5, 5.41) is 0. The van der Waals surface area contributed by atoms with E-state index >= 15 is 0 Å². The Kier molecular flexibility index (Phi) is 3.46. The summed E-state index contributed by atoms with van der Waals surface area (Å²) in [6.45, 7) is 9.42. The van der Waals surface area contributed by atoms with Crippen molar-refractivity contribution in [3.63, 3.8) is 0 Å². The molecule has 0 spiro atoms. The maximum atomic E-state index is 13.3. The zero-order valence-corrected chi connectivity index (χ0v) is 11.7. The molecular weight excluding hydrogens is 227 g/mol. The zero-order chi connectivity index (χ0) is 12.8. The molecule has 2 atom stereocenters. The standard InChI is InChI=1S/C12H23FO2S/c1-9-6-10(8-11(2,3)7-9)12(4,5)16(13,14)15/h9-10H,6-8H2,1-5H3. The predicted octanol–water partition coefficient (Wildman–Crippen LogP) is 3.53. The molecule has 1 saturated carbocycles. The van der Waals surface area contributed by atoms with E-state index in [1.165, 1.54) is 13.8 Å². The van der Waals surface area contributed by atoms with Gasteiger partial charge in [-0.1, -0.05) is 20.8 Å². The Hall–Kier alpha value is -0.120. The normalized spacial score (nSPS) is 31.4. The first-order chi connectivity index (χ1) is 6.96. The zero-order valence-electron chi connectivity index (χ0n) is 10.9. The van der Waals surface area contributed by atoms with E-state index in [2.05, 4.69) is 20.8 Å². The predicted molar refractivity (Wildman–Crippen MR) is 64.4 cm³/mol. The van der Waals surface area contributed by atoms with Crippen molar-refractivity contribution in [3.05, 3.63) is 0 Å². The van der Waals surface area contributed by atoms with E-state index in [0.717, 1.165) is 19.3 Å². The van der Waals surface area contributed by atoms with Crippen molar-refractivity contribution in [1.29, 1.82) is 0 Å². The topological polar surface area (TPSA) is 34.1 Å². The van der Waals surface area contributed by atoms with Gasteiger partial charge in [0, 0.05) is 0 Å². The molecule has 0 heterocycles. The Morgan fingerprint density at radius 2 is 1.75 bits per heavy atom. The molecule has 4 heteroatoms. The van der Waals surface area contributed by atoms with Crippen LogP contribution >= 0.6 is 0 Å². The van der Waals surface area contributed by atoms with E-state index in [0.29, 0.717) is 5.92 Å². The lowest BCUT2D eigenvalue weighted by atomic mass is 9.65. The smallest absolute Gasteiger partial charge is 0.194 e. The van der Waals surface area contributed by atoms with Gasteiger partial charge in [0.1, 0.15) is 0 Å². The van der Waals surface area contributed by atoms with Crippen LogP contribution < -0.4 is 0 Å². The quantitative estimate of drug-likeness (QED) is 0.703. The molecule has 1 fully saturated rings. The minimum Gasteiger partial charge on any atom is -0.194 e. The summed E-state index contributed by atoms with van der Waals surface area (Å²) >= 11 is 0. The van der Waals surface area contributed by atoms with Crippen LogP contribution in [0, 0.1) is 17.3 Å². The molecule has 0 aromatic rings. The monoisotopic (exact) mass is 250 g/mol. The summed E-state index contributed by atoms with van der Waals surface area (Å²) in [4.78, 5) is 0. The molecule has 0 radical (unpaired) electrons. The first-order valence-corrected chi connectivity index (χ1v) is 7.28. The Bertz CT molecular complexity index is 357. The SMILES string of the molecule is CC1CC(C(C)(C)S(=O)(=O)F)CC(C)(C)C1. The van der Waals surface area contributed by atoms with Gasteiger partial charge in [-0.2, -0.15) is 8.42 Å². The van der Waals surface area contributed by atoms with Gasteiger partial charge in [0.05, 0.1) is 4.75 Å². The minimum absolute atomic E-state index is 0.0822. The van der Waals surface area contributed by atoms with Crippen LogP contribution in [-0.4, -0.2) is 13.2 Å². The summed E-state index contributed by atoms with van der Waals surface area (Å²) in [6.07, 6.45) is 2.68. The Balaban J connectivity index is 2.97. The molecule has 2 unspecified atom stereocenters. The third-order valence-corrected chi connectivity index (χ3v) is 5.59.